The van der Waals surface area contributed by atoms with E-state index in [-0.39, 0.29) is 11.8 Å². The number of nitrogens with zero attached hydrogens (tertiary/aromatic N) is 2. The number of piperazine rings is 1. The monoisotopic (exact) mass is 322 g/mol. The molecule has 1 saturated heterocycles. The van der Waals surface area contributed by atoms with Gasteiger partial charge in [0, 0.05) is 25.1 Å². The van der Waals surface area contributed by atoms with Crippen molar-refractivity contribution in [2.75, 3.05) is 18.0 Å². The largest absolute Gasteiger partial charge is 0.329 e. The Balaban J connectivity index is 1.94. The smallest absolute Gasteiger partial charge is 0.249 e. The molecule has 0 spiro atoms. The van der Waals surface area contributed by atoms with E-state index in [1.807, 2.05) is 73.3 Å². The quantitative estimate of drug-likeness (QED) is 0.870. The standard InChI is InChI=1S/C20H22N2O2/c1-3-19(23)21-13-14-22(20(24)15(21)2)18-12-8-7-11-17(18)16-9-5-4-6-10-16/h4-12,15H,3,13-14H2,1-2H3/t15-/m0/s1. The molecule has 4 nitrogen and oxygen atoms in total. The van der Waals surface area contributed by atoms with Gasteiger partial charge in [0.05, 0.1) is 5.69 Å². The molecule has 1 heterocycles. The van der Waals surface area contributed by atoms with Gasteiger partial charge in [-0.3, -0.25) is 9.59 Å². The van der Waals surface area contributed by atoms with Crippen molar-refractivity contribution in [3.8, 4) is 11.1 Å². The molecule has 0 saturated carbocycles. The summed E-state index contributed by atoms with van der Waals surface area (Å²) in [5.41, 5.74) is 3.03. The van der Waals surface area contributed by atoms with Gasteiger partial charge in [-0.05, 0) is 18.6 Å². The summed E-state index contributed by atoms with van der Waals surface area (Å²) >= 11 is 0. The number of hydrogen-bond acceptors (Lipinski definition) is 2. The van der Waals surface area contributed by atoms with Crippen LogP contribution in [0.25, 0.3) is 11.1 Å². The summed E-state index contributed by atoms with van der Waals surface area (Å²) < 4.78 is 0. The summed E-state index contributed by atoms with van der Waals surface area (Å²) in [6, 6.07) is 17.6. The summed E-state index contributed by atoms with van der Waals surface area (Å²) in [5.74, 6) is 0.0123. The van der Waals surface area contributed by atoms with Gasteiger partial charge in [0.1, 0.15) is 6.04 Å². The third-order valence-electron chi connectivity index (χ3n) is 4.56. The number of para-hydroxylation sites is 1. The zero-order valence-corrected chi connectivity index (χ0v) is 14.1. The van der Waals surface area contributed by atoms with Crippen LogP contribution in [0.3, 0.4) is 0 Å². The number of amides is 2. The van der Waals surface area contributed by atoms with Crippen molar-refractivity contribution in [1.29, 1.82) is 0 Å². The van der Waals surface area contributed by atoms with Crippen LogP contribution in [0.2, 0.25) is 0 Å². The Kier molecular flexibility index (Phi) is 4.65. The molecular formula is C20H22N2O2. The Bertz CT molecular complexity index is 742. The van der Waals surface area contributed by atoms with Crippen LogP contribution in [-0.2, 0) is 9.59 Å². The molecule has 2 amide bonds. The Morgan fingerprint density at radius 1 is 1.04 bits per heavy atom. The van der Waals surface area contributed by atoms with Crippen LogP contribution >= 0.6 is 0 Å². The number of carbonyl (C=O) groups excluding carboxylic acids is 2. The molecule has 2 aromatic rings. The predicted octanol–water partition coefficient (Wildman–Crippen LogP) is 3.33. The van der Waals surface area contributed by atoms with E-state index in [0.717, 1.165) is 16.8 Å². The van der Waals surface area contributed by atoms with Crippen molar-refractivity contribution in [3.05, 3.63) is 54.6 Å². The second-order valence-electron chi connectivity index (χ2n) is 5.99. The molecule has 24 heavy (non-hydrogen) atoms. The van der Waals surface area contributed by atoms with Crippen molar-refractivity contribution >= 4 is 17.5 Å². The number of anilines is 1. The molecule has 0 radical (unpaired) electrons. The first-order chi connectivity index (χ1) is 11.6. The van der Waals surface area contributed by atoms with Gasteiger partial charge in [-0.15, -0.1) is 0 Å². The van der Waals surface area contributed by atoms with Gasteiger partial charge in [0.2, 0.25) is 11.8 Å². The number of rotatable bonds is 3. The predicted molar refractivity (Wildman–Crippen MR) is 95.7 cm³/mol. The number of benzene rings is 2. The summed E-state index contributed by atoms with van der Waals surface area (Å²) in [4.78, 5) is 28.4. The molecule has 4 heteroatoms. The normalized spacial score (nSPS) is 17.9. The molecule has 0 bridgehead atoms. The molecule has 0 unspecified atom stereocenters. The lowest BCUT2D eigenvalue weighted by atomic mass is 10.0. The molecule has 1 aliphatic rings. The maximum absolute atomic E-state index is 12.9. The third kappa shape index (κ3) is 2.92. The molecule has 1 aliphatic heterocycles. The summed E-state index contributed by atoms with van der Waals surface area (Å²) in [5, 5.41) is 0. The summed E-state index contributed by atoms with van der Waals surface area (Å²) in [7, 11) is 0. The molecule has 2 aromatic carbocycles. The molecule has 0 N–H and O–H groups in total. The first-order valence-corrected chi connectivity index (χ1v) is 8.38. The topological polar surface area (TPSA) is 40.6 Å². The van der Waals surface area contributed by atoms with Crippen molar-refractivity contribution in [1.82, 2.24) is 4.90 Å². The molecule has 3 rings (SSSR count). The first-order valence-electron chi connectivity index (χ1n) is 8.38. The number of hydrogen-bond donors (Lipinski definition) is 0. The second-order valence-corrected chi connectivity index (χ2v) is 5.99. The lowest BCUT2D eigenvalue weighted by molar-refractivity contribution is -0.140. The van der Waals surface area contributed by atoms with E-state index >= 15 is 0 Å². The van der Waals surface area contributed by atoms with E-state index < -0.39 is 6.04 Å². The Labute approximate surface area is 142 Å². The molecule has 1 fully saturated rings. The average molecular weight is 322 g/mol. The van der Waals surface area contributed by atoms with E-state index in [2.05, 4.69) is 0 Å². The van der Waals surface area contributed by atoms with Crippen molar-refractivity contribution < 1.29 is 9.59 Å². The Hall–Kier alpha value is -2.62. The van der Waals surface area contributed by atoms with Crippen LogP contribution in [0.1, 0.15) is 20.3 Å². The van der Waals surface area contributed by atoms with Crippen LogP contribution in [0, 0.1) is 0 Å². The van der Waals surface area contributed by atoms with Gasteiger partial charge in [-0.1, -0.05) is 55.5 Å². The van der Waals surface area contributed by atoms with Crippen molar-refractivity contribution in [2.45, 2.75) is 26.3 Å². The highest BCUT2D eigenvalue weighted by Gasteiger charge is 2.35. The van der Waals surface area contributed by atoms with E-state index in [9.17, 15) is 9.59 Å². The lowest BCUT2D eigenvalue weighted by Gasteiger charge is -2.39. The first kappa shape index (κ1) is 16.2. The third-order valence-corrected chi connectivity index (χ3v) is 4.56. The minimum atomic E-state index is -0.421. The second kappa shape index (κ2) is 6.87. The Morgan fingerprint density at radius 2 is 1.71 bits per heavy atom. The maximum atomic E-state index is 12.9. The van der Waals surface area contributed by atoms with E-state index in [0.29, 0.717) is 19.5 Å². The van der Waals surface area contributed by atoms with Crippen LogP contribution in [-0.4, -0.2) is 35.8 Å². The summed E-state index contributed by atoms with van der Waals surface area (Å²) in [6.45, 7) is 4.74. The van der Waals surface area contributed by atoms with Crippen LogP contribution in [0.15, 0.2) is 54.6 Å². The molecule has 0 aliphatic carbocycles. The molecule has 1 atom stereocenters. The van der Waals surface area contributed by atoms with Gasteiger partial charge < -0.3 is 9.80 Å². The summed E-state index contributed by atoms with van der Waals surface area (Å²) in [6.07, 6.45) is 0.429. The fourth-order valence-corrected chi connectivity index (χ4v) is 3.22. The minimum absolute atomic E-state index is 0.0218. The Morgan fingerprint density at radius 3 is 2.42 bits per heavy atom. The van der Waals surface area contributed by atoms with Crippen LogP contribution < -0.4 is 4.90 Å². The molecular weight excluding hydrogens is 300 g/mol. The molecule has 0 aromatic heterocycles. The minimum Gasteiger partial charge on any atom is -0.329 e. The van der Waals surface area contributed by atoms with Crippen molar-refractivity contribution in [2.24, 2.45) is 0 Å². The van der Waals surface area contributed by atoms with Gasteiger partial charge in [-0.25, -0.2) is 0 Å². The van der Waals surface area contributed by atoms with E-state index in [4.69, 9.17) is 0 Å². The number of carbonyl (C=O) groups is 2. The fourth-order valence-electron chi connectivity index (χ4n) is 3.22. The van der Waals surface area contributed by atoms with Crippen molar-refractivity contribution in [3.63, 3.8) is 0 Å². The van der Waals surface area contributed by atoms with E-state index in [1.54, 1.807) is 4.90 Å². The van der Waals surface area contributed by atoms with Gasteiger partial charge in [-0.2, -0.15) is 0 Å². The van der Waals surface area contributed by atoms with Gasteiger partial charge >= 0.3 is 0 Å². The van der Waals surface area contributed by atoms with Crippen LogP contribution in [0.4, 0.5) is 5.69 Å². The highest BCUT2D eigenvalue weighted by Crippen LogP contribution is 2.32. The molecule has 124 valence electrons. The van der Waals surface area contributed by atoms with E-state index in [1.165, 1.54) is 0 Å². The zero-order valence-electron chi connectivity index (χ0n) is 14.1. The SMILES string of the molecule is CCC(=O)N1CCN(c2ccccc2-c2ccccc2)C(=O)[C@@H]1C. The fraction of sp³-hybridized carbons (Fsp3) is 0.300. The maximum Gasteiger partial charge on any atom is 0.249 e. The van der Waals surface area contributed by atoms with Gasteiger partial charge in [0.25, 0.3) is 0 Å². The lowest BCUT2D eigenvalue weighted by Crippen LogP contribution is -2.57. The van der Waals surface area contributed by atoms with Gasteiger partial charge in [0.15, 0.2) is 0 Å². The van der Waals surface area contributed by atoms with Crippen LogP contribution in [0.5, 0.6) is 0 Å². The zero-order chi connectivity index (χ0) is 17.1. The average Bonchev–Trinajstić information content (AvgIpc) is 2.64. The highest BCUT2D eigenvalue weighted by atomic mass is 16.2. The highest BCUT2D eigenvalue weighted by molar-refractivity contribution is 6.02.